The van der Waals surface area contributed by atoms with Crippen molar-refractivity contribution in [3.8, 4) is 0 Å². The van der Waals surface area contributed by atoms with E-state index >= 15 is 0 Å². The molecule has 1 unspecified atom stereocenters. The van der Waals surface area contributed by atoms with Gasteiger partial charge in [-0.15, -0.1) is 11.8 Å². The molecule has 0 spiro atoms. The average molecular weight is 369 g/mol. The van der Waals surface area contributed by atoms with Crippen molar-refractivity contribution in [1.29, 1.82) is 0 Å². The van der Waals surface area contributed by atoms with E-state index in [-0.39, 0.29) is 34.8 Å². The topological polar surface area (TPSA) is 110 Å². The van der Waals surface area contributed by atoms with Crippen molar-refractivity contribution < 1.29 is 24.6 Å². The van der Waals surface area contributed by atoms with Crippen molar-refractivity contribution in [2.24, 2.45) is 5.92 Å². The molecule has 3 aliphatic heterocycles. The number of carboxylic acid groups (broad SMARTS) is 1. The summed E-state index contributed by atoms with van der Waals surface area (Å²) in [6, 6.07) is -0.527. The number of nitrogens with zero attached hydrogens (tertiary/aromatic N) is 2. The number of aliphatic hydroxyl groups is 1. The van der Waals surface area contributed by atoms with Gasteiger partial charge in [0.25, 0.3) is 0 Å². The summed E-state index contributed by atoms with van der Waals surface area (Å²) in [7, 11) is 3.42. The fraction of sp³-hybridized carbons (Fsp3) is 0.688. The Morgan fingerprint density at radius 3 is 2.64 bits per heavy atom. The molecular formula is C16H23N3O5S. The number of fused-ring (bicyclic) bond motifs is 1. The van der Waals surface area contributed by atoms with Crippen LogP contribution < -0.4 is 5.32 Å². The molecule has 0 aromatic rings. The Morgan fingerprint density at radius 2 is 2.08 bits per heavy atom. The molecule has 2 saturated heterocycles. The summed E-state index contributed by atoms with van der Waals surface area (Å²) in [6.07, 6.45) is 0.288. The third-order valence-electron chi connectivity index (χ3n) is 5.03. The lowest BCUT2D eigenvalue weighted by Gasteiger charge is -2.44. The number of aliphatic hydroxyl groups excluding tert-OH is 1. The molecule has 2 fully saturated rings. The van der Waals surface area contributed by atoms with Crippen LogP contribution in [0.3, 0.4) is 0 Å². The van der Waals surface area contributed by atoms with E-state index in [9.17, 15) is 24.6 Å². The van der Waals surface area contributed by atoms with E-state index in [0.717, 1.165) is 0 Å². The molecule has 0 radical (unpaired) electrons. The smallest absolute Gasteiger partial charge is 0.353 e. The van der Waals surface area contributed by atoms with Gasteiger partial charge in [0, 0.05) is 37.2 Å². The molecular weight excluding hydrogens is 346 g/mol. The second kappa shape index (κ2) is 6.62. The van der Waals surface area contributed by atoms with Crippen molar-refractivity contribution in [2.75, 3.05) is 20.6 Å². The molecule has 0 saturated carbocycles. The highest BCUT2D eigenvalue weighted by Gasteiger charge is 2.57. The van der Waals surface area contributed by atoms with Crippen LogP contribution in [0, 0.1) is 5.92 Å². The van der Waals surface area contributed by atoms with Gasteiger partial charge in [0.1, 0.15) is 5.70 Å². The number of likely N-dealkylation sites (N-methyl/N-ethyl adjacent to an activating group) is 1. The van der Waals surface area contributed by atoms with Gasteiger partial charge in [-0.3, -0.25) is 9.59 Å². The number of carbonyl (C=O) groups excluding carboxylic acids is 2. The Hall–Kier alpha value is -1.58. The lowest BCUT2D eigenvalue weighted by Crippen LogP contribution is -2.61. The fourth-order valence-electron chi connectivity index (χ4n) is 3.83. The number of hydrogen-bond acceptors (Lipinski definition) is 6. The third-order valence-corrected chi connectivity index (χ3v) is 6.37. The summed E-state index contributed by atoms with van der Waals surface area (Å²) in [5.74, 6) is -1.96. The molecule has 3 heterocycles. The van der Waals surface area contributed by atoms with Gasteiger partial charge in [0.2, 0.25) is 11.8 Å². The minimum absolute atomic E-state index is 0.00938. The van der Waals surface area contributed by atoms with Crippen LogP contribution in [0.4, 0.5) is 0 Å². The first-order valence-corrected chi connectivity index (χ1v) is 9.19. The minimum atomic E-state index is -1.12. The first-order chi connectivity index (χ1) is 11.7. The standard InChI is InChI=1S/C16H23N3O5S/c1-7(20)12-10-5-11(13(16(23)24)19(10)15(12)22)25-8-4-9(17-6-8)14(21)18(2)3/h7-10,12,17,20H,4-6H2,1-3H3,(H,23,24)/t7?,8-,9-,10-,12-/m0/s1. The highest BCUT2D eigenvalue weighted by molar-refractivity contribution is 8.03. The number of carboxylic acids is 1. The van der Waals surface area contributed by atoms with Crippen molar-refractivity contribution >= 4 is 29.5 Å². The molecule has 8 nitrogen and oxygen atoms in total. The predicted molar refractivity (Wildman–Crippen MR) is 91.6 cm³/mol. The lowest BCUT2D eigenvalue weighted by molar-refractivity contribution is -0.161. The van der Waals surface area contributed by atoms with Gasteiger partial charge in [-0.1, -0.05) is 0 Å². The van der Waals surface area contributed by atoms with Gasteiger partial charge in [-0.25, -0.2) is 4.79 Å². The van der Waals surface area contributed by atoms with Crippen LogP contribution in [0.1, 0.15) is 19.8 Å². The quantitative estimate of drug-likeness (QED) is 0.558. The van der Waals surface area contributed by atoms with E-state index < -0.39 is 18.0 Å². The monoisotopic (exact) mass is 369 g/mol. The van der Waals surface area contributed by atoms with E-state index in [1.54, 1.807) is 25.9 Å². The molecule has 138 valence electrons. The number of amides is 2. The maximum atomic E-state index is 12.2. The molecule has 3 N–H and O–H groups in total. The summed E-state index contributed by atoms with van der Waals surface area (Å²) in [5, 5.41) is 22.5. The Labute approximate surface area is 150 Å². The molecule has 0 aromatic carbocycles. The van der Waals surface area contributed by atoms with Gasteiger partial charge in [-0.2, -0.15) is 0 Å². The zero-order valence-electron chi connectivity index (χ0n) is 14.4. The molecule has 25 heavy (non-hydrogen) atoms. The molecule has 3 rings (SSSR count). The summed E-state index contributed by atoms with van der Waals surface area (Å²) in [4.78, 5) is 39.4. The molecule has 5 atom stereocenters. The molecule has 9 heteroatoms. The maximum Gasteiger partial charge on any atom is 0.353 e. The predicted octanol–water partition coefficient (Wildman–Crippen LogP) is -0.554. The zero-order valence-corrected chi connectivity index (χ0v) is 15.2. The van der Waals surface area contributed by atoms with Crippen molar-refractivity contribution in [3.63, 3.8) is 0 Å². The molecule has 0 aromatic heterocycles. The summed E-state index contributed by atoms with van der Waals surface area (Å²) < 4.78 is 0. The normalized spacial score (nSPS) is 32.5. The van der Waals surface area contributed by atoms with Crippen LogP contribution in [0.5, 0.6) is 0 Å². The zero-order chi connectivity index (χ0) is 18.5. The minimum Gasteiger partial charge on any atom is -0.477 e. The van der Waals surface area contributed by atoms with E-state index in [1.807, 2.05) is 0 Å². The van der Waals surface area contributed by atoms with Crippen LogP contribution in [-0.2, 0) is 14.4 Å². The lowest BCUT2D eigenvalue weighted by atomic mass is 9.83. The van der Waals surface area contributed by atoms with Crippen molar-refractivity contribution in [3.05, 3.63) is 10.6 Å². The first kappa shape index (κ1) is 18.2. The largest absolute Gasteiger partial charge is 0.477 e. The maximum absolute atomic E-state index is 12.2. The van der Waals surface area contributed by atoms with Crippen molar-refractivity contribution in [1.82, 2.24) is 15.1 Å². The number of nitrogens with one attached hydrogen (secondary N) is 1. The van der Waals surface area contributed by atoms with Gasteiger partial charge < -0.3 is 25.3 Å². The fourth-order valence-corrected chi connectivity index (χ4v) is 5.27. The molecule has 3 aliphatic rings. The molecule has 0 aliphatic carbocycles. The van der Waals surface area contributed by atoms with E-state index in [2.05, 4.69) is 5.32 Å². The Kier molecular flexibility index (Phi) is 4.82. The van der Waals surface area contributed by atoms with Gasteiger partial charge in [0.05, 0.1) is 24.1 Å². The van der Waals surface area contributed by atoms with Gasteiger partial charge in [-0.05, 0) is 13.3 Å². The number of hydrogen-bond donors (Lipinski definition) is 3. The van der Waals surface area contributed by atoms with Gasteiger partial charge >= 0.3 is 5.97 Å². The highest BCUT2D eigenvalue weighted by Crippen LogP contribution is 2.48. The molecule has 2 amide bonds. The Bertz CT molecular complexity index is 648. The summed E-state index contributed by atoms with van der Waals surface area (Å²) in [6.45, 7) is 2.17. The van der Waals surface area contributed by atoms with Crippen LogP contribution in [0.25, 0.3) is 0 Å². The van der Waals surface area contributed by atoms with Crippen LogP contribution in [0.2, 0.25) is 0 Å². The summed E-state index contributed by atoms with van der Waals surface area (Å²) >= 11 is 1.44. The van der Waals surface area contributed by atoms with Crippen molar-refractivity contribution in [2.45, 2.75) is 43.2 Å². The highest BCUT2D eigenvalue weighted by atomic mass is 32.2. The SMILES string of the molecule is CC(O)[C@@H]1C(=O)N2C(C(=O)O)=C(S[C@@H]3CN[C@H](C(=O)N(C)C)C3)C[C@@H]12. The van der Waals surface area contributed by atoms with E-state index in [1.165, 1.54) is 16.7 Å². The third kappa shape index (κ3) is 3.04. The Morgan fingerprint density at radius 1 is 1.40 bits per heavy atom. The van der Waals surface area contributed by atoms with Gasteiger partial charge in [0.15, 0.2) is 0 Å². The average Bonchev–Trinajstić information content (AvgIpc) is 3.09. The van der Waals surface area contributed by atoms with E-state index in [0.29, 0.717) is 24.3 Å². The van der Waals surface area contributed by atoms with Crippen LogP contribution in [-0.4, -0.2) is 81.9 Å². The van der Waals surface area contributed by atoms with Crippen LogP contribution >= 0.6 is 11.8 Å². The number of β-lactam (4-membered cyclic amide) rings is 1. The van der Waals surface area contributed by atoms with Crippen LogP contribution in [0.15, 0.2) is 10.6 Å². The Balaban J connectivity index is 1.71. The van der Waals surface area contributed by atoms with E-state index in [4.69, 9.17) is 0 Å². The molecule has 0 bridgehead atoms. The second-order valence-corrected chi connectivity index (χ2v) is 8.39. The number of carbonyl (C=O) groups is 3. The first-order valence-electron chi connectivity index (χ1n) is 8.31. The second-order valence-electron chi connectivity index (χ2n) is 6.99. The number of rotatable bonds is 5. The summed E-state index contributed by atoms with van der Waals surface area (Å²) in [5.41, 5.74) is 0.0410. The number of thioether (sulfide) groups is 1. The number of aliphatic carboxylic acids is 1.